The van der Waals surface area contributed by atoms with E-state index in [-0.39, 0.29) is 19.0 Å². The van der Waals surface area contributed by atoms with Crippen LogP contribution in [-0.2, 0) is 4.79 Å². The van der Waals surface area contributed by atoms with E-state index in [1.807, 2.05) is 11.9 Å². The minimum absolute atomic E-state index is 0. The number of rotatable bonds is 6. The normalized spacial score (nSPS) is 38.1. The molecule has 5 fully saturated rings. The van der Waals surface area contributed by atoms with E-state index in [9.17, 15) is 4.79 Å². The Morgan fingerprint density at radius 1 is 1.08 bits per heavy atom. The summed E-state index contributed by atoms with van der Waals surface area (Å²) in [6.45, 7) is 3.77. The zero-order valence-corrected chi connectivity index (χ0v) is 16.5. The molecule has 0 aromatic heterocycles. The number of hydrogen-bond donors (Lipinski definition) is 1. The van der Waals surface area contributed by atoms with Gasteiger partial charge in [-0.2, -0.15) is 0 Å². The highest BCUT2D eigenvalue weighted by Gasteiger charge is 2.50. The van der Waals surface area contributed by atoms with Gasteiger partial charge in [0, 0.05) is 6.04 Å². The van der Waals surface area contributed by atoms with Crippen molar-refractivity contribution in [3.8, 4) is 0 Å². The maximum absolute atomic E-state index is 10.9. The molecule has 0 atom stereocenters. The monoisotopic (exact) mass is 370 g/mol. The fourth-order valence-corrected chi connectivity index (χ4v) is 6.92. The number of likely N-dealkylation sites (tertiary alicyclic amines) is 1. The van der Waals surface area contributed by atoms with Crippen molar-refractivity contribution >= 4 is 18.4 Å². The smallest absolute Gasteiger partial charge is 0.317 e. The second kappa shape index (κ2) is 7.74. The first-order valence-corrected chi connectivity index (χ1v) is 10.2. The molecule has 4 saturated carbocycles. The van der Waals surface area contributed by atoms with Crippen LogP contribution < -0.4 is 0 Å². The number of carbonyl (C=O) groups is 1. The lowest BCUT2D eigenvalue weighted by Gasteiger charge is -2.57. The van der Waals surface area contributed by atoms with Crippen molar-refractivity contribution in [2.45, 2.75) is 63.8 Å². The standard InChI is InChI=1S/C20H34N2O2.ClH/c1-21(14-19(23)24)18-2-5-22(6-3-18)7-4-20-11-15-8-16(12-20)10-17(9-15)13-20;/h15-18H,2-14H2,1H3,(H,23,24);1H. The van der Waals surface area contributed by atoms with Gasteiger partial charge in [0.2, 0.25) is 0 Å². The Morgan fingerprint density at radius 2 is 1.60 bits per heavy atom. The first-order valence-electron chi connectivity index (χ1n) is 10.2. The second-order valence-electron chi connectivity index (χ2n) is 9.55. The average molecular weight is 371 g/mol. The van der Waals surface area contributed by atoms with E-state index in [2.05, 4.69) is 4.90 Å². The van der Waals surface area contributed by atoms with Crippen molar-refractivity contribution in [1.29, 1.82) is 0 Å². The van der Waals surface area contributed by atoms with E-state index in [1.165, 1.54) is 32.2 Å². The first kappa shape index (κ1) is 19.4. The third kappa shape index (κ3) is 4.33. The maximum Gasteiger partial charge on any atom is 0.317 e. The van der Waals surface area contributed by atoms with Gasteiger partial charge in [0.15, 0.2) is 0 Å². The summed E-state index contributed by atoms with van der Waals surface area (Å²) in [4.78, 5) is 15.6. The number of likely N-dealkylation sites (N-methyl/N-ethyl adjacent to an activating group) is 1. The van der Waals surface area contributed by atoms with Gasteiger partial charge in [-0.05, 0) is 108 Å². The van der Waals surface area contributed by atoms with Crippen LogP contribution in [0.4, 0.5) is 0 Å². The Hall–Kier alpha value is -0.320. The molecule has 0 unspecified atom stereocenters. The summed E-state index contributed by atoms with van der Waals surface area (Å²) >= 11 is 0. The van der Waals surface area contributed by atoms with E-state index in [4.69, 9.17) is 5.11 Å². The third-order valence-electron chi connectivity index (χ3n) is 7.69. The minimum atomic E-state index is -0.707. The van der Waals surface area contributed by atoms with Crippen LogP contribution in [0.25, 0.3) is 0 Å². The summed E-state index contributed by atoms with van der Waals surface area (Å²) < 4.78 is 0. The second-order valence-corrected chi connectivity index (χ2v) is 9.55. The van der Waals surface area contributed by atoms with Crippen molar-refractivity contribution < 1.29 is 9.90 Å². The van der Waals surface area contributed by atoms with Gasteiger partial charge < -0.3 is 10.0 Å². The SMILES string of the molecule is CN(CC(=O)O)C1CCN(CCC23CC4CC(CC(C4)C2)C3)CC1.Cl. The van der Waals surface area contributed by atoms with Crippen molar-refractivity contribution in [1.82, 2.24) is 9.80 Å². The molecular weight excluding hydrogens is 336 g/mol. The average Bonchev–Trinajstić information content (AvgIpc) is 2.51. The Bertz CT molecular complexity index is 441. The number of piperidine rings is 1. The highest BCUT2D eigenvalue weighted by Crippen LogP contribution is 2.61. The van der Waals surface area contributed by atoms with Gasteiger partial charge >= 0.3 is 5.97 Å². The van der Waals surface area contributed by atoms with Crippen LogP contribution in [0.3, 0.4) is 0 Å². The predicted octanol–water partition coefficient (Wildman–Crippen LogP) is 3.50. The van der Waals surface area contributed by atoms with Crippen LogP contribution in [0.15, 0.2) is 0 Å². The van der Waals surface area contributed by atoms with Gasteiger partial charge in [-0.1, -0.05) is 0 Å². The Morgan fingerprint density at radius 3 is 2.08 bits per heavy atom. The number of hydrogen-bond acceptors (Lipinski definition) is 3. The number of carboxylic acids is 1. The highest BCUT2D eigenvalue weighted by atomic mass is 35.5. The van der Waals surface area contributed by atoms with Crippen molar-refractivity contribution in [2.75, 3.05) is 33.2 Å². The number of aliphatic carboxylic acids is 1. The molecule has 5 heteroatoms. The van der Waals surface area contributed by atoms with Gasteiger partial charge in [0.05, 0.1) is 6.54 Å². The molecule has 0 aromatic rings. The molecule has 25 heavy (non-hydrogen) atoms. The lowest BCUT2D eigenvalue weighted by Crippen LogP contribution is -2.49. The molecule has 5 aliphatic rings. The summed E-state index contributed by atoms with van der Waals surface area (Å²) in [5, 5.41) is 8.95. The largest absolute Gasteiger partial charge is 0.480 e. The molecule has 1 saturated heterocycles. The van der Waals surface area contributed by atoms with E-state index in [1.54, 1.807) is 19.3 Å². The van der Waals surface area contributed by atoms with Crippen molar-refractivity contribution in [3.05, 3.63) is 0 Å². The zero-order valence-electron chi connectivity index (χ0n) is 15.7. The summed E-state index contributed by atoms with van der Waals surface area (Å²) in [5.74, 6) is 2.48. The summed E-state index contributed by atoms with van der Waals surface area (Å²) in [5.41, 5.74) is 0.700. The first-order chi connectivity index (χ1) is 11.5. The van der Waals surface area contributed by atoms with Crippen LogP contribution in [0.1, 0.15) is 57.8 Å². The van der Waals surface area contributed by atoms with E-state index in [0.717, 1.165) is 43.7 Å². The zero-order chi connectivity index (χ0) is 16.7. The van der Waals surface area contributed by atoms with Crippen LogP contribution in [0, 0.1) is 23.2 Å². The molecule has 4 aliphatic carbocycles. The van der Waals surface area contributed by atoms with Crippen LogP contribution in [0.5, 0.6) is 0 Å². The maximum atomic E-state index is 10.9. The molecule has 4 nitrogen and oxygen atoms in total. The Kier molecular flexibility index (Phi) is 6.02. The molecule has 4 bridgehead atoms. The molecular formula is C20H35ClN2O2. The summed E-state index contributed by atoms with van der Waals surface area (Å²) in [7, 11) is 1.96. The van der Waals surface area contributed by atoms with Crippen LogP contribution >= 0.6 is 12.4 Å². The molecule has 0 aromatic carbocycles. The van der Waals surface area contributed by atoms with Crippen LogP contribution in [-0.4, -0.2) is 60.1 Å². The quantitative estimate of drug-likeness (QED) is 0.777. The topological polar surface area (TPSA) is 43.8 Å². The van der Waals surface area contributed by atoms with E-state index in [0.29, 0.717) is 11.5 Å². The lowest BCUT2D eigenvalue weighted by atomic mass is 9.49. The van der Waals surface area contributed by atoms with Crippen molar-refractivity contribution in [3.63, 3.8) is 0 Å². The van der Waals surface area contributed by atoms with Gasteiger partial charge in [-0.15, -0.1) is 12.4 Å². The van der Waals surface area contributed by atoms with Gasteiger partial charge in [0.25, 0.3) is 0 Å². The van der Waals surface area contributed by atoms with Gasteiger partial charge in [-0.25, -0.2) is 0 Å². The van der Waals surface area contributed by atoms with Gasteiger partial charge in [-0.3, -0.25) is 9.69 Å². The molecule has 1 N–H and O–H groups in total. The van der Waals surface area contributed by atoms with Crippen LogP contribution in [0.2, 0.25) is 0 Å². The van der Waals surface area contributed by atoms with E-state index < -0.39 is 5.97 Å². The fourth-order valence-electron chi connectivity index (χ4n) is 6.92. The number of carboxylic acid groups (broad SMARTS) is 1. The summed E-state index contributed by atoms with van der Waals surface area (Å²) in [6.07, 6.45) is 12.9. The van der Waals surface area contributed by atoms with Gasteiger partial charge in [0.1, 0.15) is 0 Å². The molecule has 1 aliphatic heterocycles. The molecule has 0 amide bonds. The molecule has 5 rings (SSSR count). The summed E-state index contributed by atoms with van der Waals surface area (Å²) in [6, 6.07) is 0.455. The van der Waals surface area contributed by atoms with Crippen molar-refractivity contribution in [2.24, 2.45) is 23.2 Å². The van der Waals surface area contributed by atoms with E-state index >= 15 is 0 Å². The lowest BCUT2D eigenvalue weighted by molar-refractivity contribution is -0.138. The third-order valence-corrected chi connectivity index (χ3v) is 7.69. The Balaban J connectivity index is 0.00000182. The molecule has 144 valence electrons. The molecule has 0 spiro atoms. The minimum Gasteiger partial charge on any atom is -0.480 e. The molecule has 0 radical (unpaired) electrons. The predicted molar refractivity (Wildman–Crippen MR) is 102 cm³/mol. The number of nitrogens with zero attached hydrogens (tertiary/aromatic N) is 2. The number of halogens is 1. The fraction of sp³-hybridized carbons (Fsp3) is 0.950. The highest BCUT2D eigenvalue weighted by molar-refractivity contribution is 5.85. The molecule has 1 heterocycles. The Labute approximate surface area is 158 Å².